The summed E-state index contributed by atoms with van der Waals surface area (Å²) in [5, 5.41) is 8.47. The first-order chi connectivity index (χ1) is 13.3. The molecule has 0 aliphatic carbocycles. The fraction of sp³-hybridized carbons (Fsp3) is 0.250. The third-order valence-electron chi connectivity index (χ3n) is 3.75. The molecule has 0 saturated carbocycles. The van der Waals surface area contributed by atoms with Crippen molar-refractivity contribution in [3.63, 3.8) is 0 Å². The number of nitrogens with one attached hydrogen (secondary N) is 3. The van der Waals surface area contributed by atoms with Gasteiger partial charge in [0.05, 0.1) is 14.2 Å². The Balaban J connectivity index is 2.04. The highest BCUT2D eigenvalue weighted by Gasteiger charge is 2.12. The minimum Gasteiger partial charge on any atom is -0.497 e. The molecule has 0 aliphatic rings. The Morgan fingerprint density at radius 2 is 1.50 bits per heavy atom. The second-order valence-electron chi connectivity index (χ2n) is 6.23. The topological polar surface area (TPSA) is 88.7 Å². The molecule has 0 spiro atoms. The largest absolute Gasteiger partial charge is 0.497 e. The minimum atomic E-state index is -0.404. The van der Waals surface area contributed by atoms with E-state index in [0.717, 1.165) is 0 Å². The average Bonchev–Trinajstić information content (AvgIpc) is 2.67. The van der Waals surface area contributed by atoms with E-state index in [0.29, 0.717) is 28.4 Å². The Bertz CT molecular complexity index is 861. The van der Waals surface area contributed by atoms with Gasteiger partial charge in [-0.15, -0.1) is 0 Å². The van der Waals surface area contributed by atoms with Crippen LogP contribution in [0.3, 0.4) is 0 Å². The van der Waals surface area contributed by atoms with Gasteiger partial charge in [0.25, 0.3) is 5.91 Å². The molecular weight excluding hydrogens is 378 g/mol. The molecule has 2 aromatic rings. The van der Waals surface area contributed by atoms with Crippen molar-refractivity contribution >= 4 is 40.5 Å². The van der Waals surface area contributed by atoms with Gasteiger partial charge in [-0.3, -0.25) is 14.9 Å². The monoisotopic (exact) mass is 401 g/mol. The maximum absolute atomic E-state index is 12.5. The third-order valence-corrected chi connectivity index (χ3v) is 3.96. The lowest BCUT2D eigenvalue weighted by Crippen LogP contribution is -2.34. The number of amides is 2. The smallest absolute Gasteiger partial charge is 0.257 e. The van der Waals surface area contributed by atoms with Crippen LogP contribution in [0, 0.1) is 5.92 Å². The van der Waals surface area contributed by atoms with Crippen LogP contribution in [0.4, 0.5) is 11.4 Å². The van der Waals surface area contributed by atoms with Gasteiger partial charge in [-0.2, -0.15) is 0 Å². The summed E-state index contributed by atoms with van der Waals surface area (Å²) < 4.78 is 10.3. The maximum atomic E-state index is 12.5. The van der Waals surface area contributed by atoms with Crippen LogP contribution >= 0.6 is 12.2 Å². The van der Waals surface area contributed by atoms with Gasteiger partial charge < -0.3 is 20.1 Å². The number of anilines is 2. The van der Waals surface area contributed by atoms with E-state index in [9.17, 15) is 9.59 Å². The van der Waals surface area contributed by atoms with E-state index in [1.54, 1.807) is 42.5 Å². The highest BCUT2D eigenvalue weighted by molar-refractivity contribution is 7.80. The molecule has 3 N–H and O–H groups in total. The standard InChI is InChI=1S/C20H23N3O4S/c1-12(2)18(24)21-14-6-5-7-15(10-14)22-20(28)23-19(25)13-8-16(26-3)11-17(9-13)27-4/h5-12H,1-4H3,(H,21,24)(H2,22,23,25,28). The van der Waals surface area contributed by atoms with Crippen molar-refractivity contribution < 1.29 is 19.1 Å². The van der Waals surface area contributed by atoms with Gasteiger partial charge in [0.1, 0.15) is 11.5 Å². The Hall–Kier alpha value is -3.13. The van der Waals surface area contributed by atoms with Crippen LogP contribution in [-0.4, -0.2) is 31.1 Å². The Kier molecular flexibility index (Phi) is 7.34. The molecule has 7 nitrogen and oxygen atoms in total. The first kappa shape index (κ1) is 21.2. The molecule has 148 valence electrons. The molecule has 2 aromatic carbocycles. The van der Waals surface area contributed by atoms with Gasteiger partial charge >= 0.3 is 0 Å². The van der Waals surface area contributed by atoms with Crippen LogP contribution in [0.2, 0.25) is 0 Å². The molecule has 0 heterocycles. The summed E-state index contributed by atoms with van der Waals surface area (Å²) in [5.41, 5.74) is 1.61. The molecule has 0 fully saturated rings. The summed E-state index contributed by atoms with van der Waals surface area (Å²) in [6.45, 7) is 3.63. The molecule has 2 rings (SSSR count). The van der Waals surface area contributed by atoms with E-state index in [4.69, 9.17) is 21.7 Å². The van der Waals surface area contributed by atoms with Crippen LogP contribution in [0.25, 0.3) is 0 Å². The Labute approximate surface area is 169 Å². The van der Waals surface area contributed by atoms with Crippen molar-refractivity contribution in [2.24, 2.45) is 5.92 Å². The van der Waals surface area contributed by atoms with Crippen LogP contribution in [0.5, 0.6) is 11.5 Å². The fourth-order valence-electron chi connectivity index (χ4n) is 2.24. The maximum Gasteiger partial charge on any atom is 0.257 e. The van der Waals surface area contributed by atoms with E-state index < -0.39 is 5.91 Å². The molecule has 28 heavy (non-hydrogen) atoms. The summed E-state index contributed by atoms with van der Waals surface area (Å²) in [6, 6.07) is 11.9. The minimum absolute atomic E-state index is 0.0833. The van der Waals surface area contributed by atoms with Gasteiger partial charge in [-0.1, -0.05) is 19.9 Å². The predicted octanol–water partition coefficient (Wildman–Crippen LogP) is 3.43. The first-order valence-electron chi connectivity index (χ1n) is 8.58. The first-order valence-corrected chi connectivity index (χ1v) is 8.99. The quantitative estimate of drug-likeness (QED) is 0.643. The molecule has 0 radical (unpaired) electrons. The lowest BCUT2D eigenvalue weighted by Gasteiger charge is -2.13. The molecule has 0 aliphatic heterocycles. The van der Waals surface area contributed by atoms with Crippen molar-refractivity contribution in [2.75, 3.05) is 24.9 Å². The number of thiocarbonyl (C=S) groups is 1. The van der Waals surface area contributed by atoms with Crippen molar-refractivity contribution in [3.05, 3.63) is 48.0 Å². The van der Waals surface area contributed by atoms with Crippen LogP contribution in [0.1, 0.15) is 24.2 Å². The van der Waals surface area contributed by atoms with Crippen LogP contribution in [0.15, 0.2) is 42.5 Å². The van der Waals surface area contributed by atoms with Gasteiger partial charge in [0.15, 0.2) is 5.11 Å². The number of benzene rings is 2. The number of carbonyl (C=O) groups is 2. The van der Waals surface area contributed by atoms with Gasteiger partial charge in [-0.25, -0.2) is 0 Å². The summed E-state index contributed by atoms with van der Waals surface area (Å²) in [5.74, 6) is 0.379. The number of hydrogen-bond acceptors (Lipinski definition) is 5. The Morgan fingerprint density at radius 3 is 2.04 bits per heavy atom. The highest BCUT2D eigenvalue weighted by atomic mass is 32.1. The van der Waals surface area contributed by atoms with Crippen molar-refractivity contribution in [3.8, 4) is 11.5 Å². The zero-order chi connectivity index (χ0) is 20.7. The van der Waals surface area contributed by atoms with Crippen molar-refractivity contribution in [1.82, 2.24) is 5.32 Å². The molecular formula is C20H23N3O4S. The summed E-state index contributed by atoms with van der Waals surface area (Å²) >= 11 is 5.21. The zero-order valence-electron chi connectivity index (χ0n) is 16.2. The Morgan fingerprint density at radius 1 is 0.929 bits per heavy atom. The van der Waals surface area contributed by atoms with Gasteiger partial charge in [0.2, 0.25) is 5.91 Å². The third kappa shape index (κ3) is 5.95. The van der Waals surface area contributed by atoms with E-state index in [1.165, 1.54) is 14.2 Å². The number of ether oxygens (including phenoxy) is 2. The average molecular weight is 401 g/mol. The molecule has 0 aromatic heterocycles. The lowest BCUT2D eigenvalue weighted by molar-refractivity contribution is -0.118. The lowest BCUT2D eigenvalue weighted by atomic mass is 10.2. The molecule has 0 saturated heterocycles. The van der Waals surface area contributed by atoms with E-state index in [-0.39, 0.29) is 16.9 Å². The van der Waals surface area contributed by atoms with Crippen molar-refractivity contribution in [2.45, 2.75) is 13.8 Å². The normalized spacial score (nSPS) is 10.2. The SMILES string of the molecule is COc1cc(OC)cc(C(=O)NC(=S)Nc2cccc(NC(=O)C(C)C)c2)c1. The summed E-state index contributed by atoms with van der Waals surface area (Å²) in [4.78, 5) is 24.3. The van der Waals surface area contributed by atoms with Crippen LogP contribution in [-0.2, 0) is 4.79 Å². The highest BCUT2D eigenvalue weighted by Crippen LogP contribution is 2.22. The van der Waals surface area contributed by atoms with E-state index >= 15 is 0 Å². The molecule has 0 unspecified atom stereocenters. The number of rotatable bonds is 6. The summed E-state index contributed by atoms with van der Waals surface area (Å²) in [6.07, 6.45) is 0. The zero-order valence-corrected chi connectivity index (χ0v) is 17.0. The predicted molar refractivity (Wildman–Crippen MR) is 113 cm³/mol. The second kappa shape index (κ2) is 9.70. The molecule has 2 amide bonds. The molecule has 0 atom stereocenters. The number of hydrogen-bond donors (Lipinski definition) is 3. The second-order valence-corrected chi connectivity index (χ2v) is 6.64. The van der Waals surface area contributed by atoms with Gasteiger partial charge in [0, 0.05) is 28.9 Å². The molecule has 8 heteroatoms. The number of methoxy groups -OCH3 is 2. The van der Waals surface area contributed by atoms with E-state index in [1.807, 2.05) is 13.8 Å². The number of carbonyl (C=O) groups excluding carboxylic acids is 2. The van der Waals surface area contributed by atoms with Crippen LogP contribution < -0.4 is 25.4 Å². The summed E-state index contributed by atoms with van der Waals surface area (Å²) in [7, 11) is 3.02. The van der Waals surface area contributed by atoms with Gasteiger partial charge in [-0.05, 0) is 42.5 Å². The van der Waals surface area contributed by atoms with E-state index in [2.05, 4.69) is 16.0 Å². The van der Waals surface area contributed by atoms with Crippen molar-refractivity contribution in [1.29, 1.82) is 0 Å². The molecule has 0 bridgehead atoms. The fourth-order valence-corrected chi connectivity index (χ4v) is 2.45.